The van der Waals surface area contributed by atoms with Crippen LogP contribution in [0.3, 0.4) is 0 Å². The standard InChI is InChI=1S/C31H24N4O3S2/c1-40(38)18-27(36)29-23(20-6-4-8-22(40)16-20)13-14-24(32-29)21-12-11-19-7-5-15-35(26(19)17-21)31(37)34-30-33-25-9-2-3-10-28(25)39-30/h2-4,6,8-14,16-18H,5,7,15H2,1H3,(H,33,34,37). The summed E-state index contributed by atoms with van der Waals surface area (Å²) in [5.41, 5.74) is 5.94. The molecule has 40 heavy (non-hydrogen) atoms. The number of hydrogen-bond donors (Lipinski definition) is 1. The zero-order valence-corrected chi connectivity index (χ0v) is 23.2. The molecule has 4 heterocycles. The maximum Gasteiger partial charge on any atom is 0.328 e. The molecule has 198 valence electrons. The van der Waals surface area contributed by atoms with Crippen molar-refractivity contribution in [3.63, 3.8) is 0 Å². The molecule has 0 fully saturated rings. The van der Waals surface area contributed by atoms with E-state index >= 15 is 0 Å². The van der Waals surface area contributed by atoms with Gasteiger partial charge in [0.25, 0.3) is 0 Å². The number of pyridine rings is 1. The number of nitrogens with zero attached hydrogens (tertiary/aromatic N) is 3. The van der Waals surface area contributed by atoms with E-state index in [-0.39, 0.29) is 17.5 Å². The van der Waals surface area contributed by atoms with Gasteiger partial charge in [0.1, 0.15) is 5.69 Å². The Morgan fingerprint density at radius 1 is 0.975 bits per heavy atom. The van der Waals surface area contributed by atoms with Gasteiger partial charge in [-0.15, -0.1) is 0 Å². The van der Waals surface area contributed by atoms with Crippen molar-refractivity contribution in [1.29, 1.82) is 0 Å². The van der Waals surface area contributed by atoms with Crippen molar-refractivity contribution in [2.24, 2.45) is 0 Å². The van der Waals surface area contributed by atoms with Crippen LogP contribution in [0.4, 0.5) is 15.6 Å². The second-order valence-electron chi connectivity index (χ2n) is 10.0. The predicted octanol–water partition coefficient (Wildman–Crippen LogP) is 6.28. The lowest BCUT2D eigenvalue weighted by atomic mass is 9.97. The number of thiazole rings is 1. The summed E-state index contributed by atoms with van der Waals surface area (Å²) >= 11 is 1.45. The van der Waals surface area contributed by atoms with E-state index in [1.54, 1.807) is 17.2 Å². The Bertz CT molecular complexity index is 1960. The average molecular weight is 565 g/mol. The van der Waals surface area contributed by atoms with Crippen molar-refractivity contribution < 1.29 is 13.8 Å². The summed E-state index contributed by atoms with van der Waals surface area (Å²) in [6.45, 7) is 0.583. The van der Waals surface area contributed by atoms with Crippen LogP contribution in [0.15, 0.2) is 83.8 Å². The lowest BCUT2D eigenvalue weighted by Gasteiger charge is -2.29. The van der Waals surface area contributed by atoms with Crippen LogP contribution in [-0.2, 0) is 15.9 Å². The van der Waals surface area contributed by atoms with Gasteiger partial charge in [0.2, 0.25) is 5.78 Å². The first-order valence-electron chi connectivity index (χ1n) is 12.9. The van der Waals surface area contributed by atoms with E-state index in [4.69, 9.17) is 4.98 Å². The highest BCUT2D eigenvalue weighted by Crippen LogP contribution is 2.35. The molecule has 2 aliphatic rings. The van der Waals surface area contributed by atoms with Crippen molar-refractivity contribution in [2.45, 2.75) is 17.7 Å². The largest absolute Gasteiger partial charge is 0.328 e. The number of fused-ring (bicyclic) bond motifs is 6. The van der Waals surface area contributed by atoms with E-state index in [1.165, 1.54) is 16.7 Å². The Hall–Kier alpha value is -4.34. The van der Waals surface area contributed by atoms with Crippen LogP contribution in [0.5, 0.6) is 0 Å². The molecular weight excluding hydrogens is 541 g/mol. The van der Waals surface area contributed by atoms with Gasteiger partial charge in [0.05, 0.1) is 15.9 Å². The highest BCUT2D eigenvalue weighted by atomic mass is 32.2. The zero-order chi connectivity index (χ0) is 27.4. The van der Waals surface area contributed by atoms with Crippen molar-refractivity contribution in [3.05, 3.63) is 90.1 Å². The molecule has 0 aliphatic carbocycles. The van der Waals surface area contributed by atoms with Gasteiger partial charge >= 0.3 is 6.03 Å². The van der Waals surface area contributed by atoms with E-state index in [0.29, 0.717) is 27.8 Å². The number of carbonyl (C=O) groups excluding carboxylic acids is 2. The number of aryl methyl sites for hydroxylation is 1. The summed E-state index contributed by atoms with van der Waals surface area (Å²) in [5, 5.41) is 4.83. The Balaban J connectivity index is 1.25. The molecule has 1 atom stereocenters. The monoisotopic (exact) mass is 564 g/mol. The smallest absolute Gasteiger partial charge is 0.294 e. The molecule has 7 nitrogen and oxygen atoms in total. The molecule has 2 amide bonds. The lowest BCUT2D eigenvalue weighted by molar-refractivity contribution is 0.106. The number of anilines is 2. The van der Waals surface area contributed by atoms with E-state index < -0.39 is 9.52 Å². The highest BCUT2D eigenvalue weighted by molar-refractivity contribution is 8.01. The summed E-state index contributed by atoms with van der Waals surface area (Å²) in [6, 6.07) is 24.7. The van der Waals surface area contributed by atoms with Crippen LogP contribution < -0.4 is 10.2 Å². The topological polar surface area (TPSA) is 92.3 Å². The van der Waals surface area contributed by atoms with Gasteiger partial charge in [-0.3, -0.25) is 19.2 Å². The van der Waals surface area contributed by atoms with E-state index in [9.17, 15) is 13.8 Å². The number of benzene rings is 3. The molecule has 0 saturated carbocycles. The normalized spacial score (nSPS) is 17.8. The van der Waals surface area contributed by atoms with Gasteiger partial charge < -0.3 is 0 Å². The van der Waals surface area contributed by atoms with Gasteiger partial charge in [0.15, 0.2) is 5.13 Å². The summed E-state index contributed by atoms with van der Waals surface area (Å²) in [6.07, 6.45) is 3.31. The number of amides is 2. The van der Waals surface area contributed by atoms with Gasteiger partial charge in [0, 0.05) is 49.4 Å². The molecule has 7 rings (SSSR count). The van der Waals surface area contributed by atoms with E-state index in [2.05, 4.69) is 10.3 Å². The average Bonchev–Trinajstić information content (AvgIpc) is 3.38. The molecule has 1 unspecified atom stereocenters. The van der Waals surface area contributed by atoms with Crippen LogP contribution in [0.1, 0.15) is 22.5 Å². The zero-order valence-electron chi connectivity index (χ0n) is 21.6. The number of urea groups is 1. The molecule has 2 aliphatic heterocycles. The summed E-state index contributed by atoms with van der Waals surface area (Å²) in [4.78, 5) is 38.3. The minimum absolute atomic E-state index is 0.231. The van der Waals surface area contributed by atoms with Crippen LogP contribution in [-0.4, -0.2) is 44.2 Å². The molecule has 0 radical (unpaired) electrons. The first-order valence-corrected chi connectivity index (χ1v) is 15.8. The molecule has 5 aromatic rings. The van der Waals surface area contributed by atoms with E-state index in [0.717, 1.165) is 45.4 Å². The fourth-order valence-electron chi connectivity index (χ4n) is 5.31. The van der Waals surface area contributed by atoms with Gasteiger partial charge in [-0.1, -0.05) is 47.7 Å². The number of carbonyl (C=O) groups is 2. The molecule has 1 N–H and O–H groups in total. The first kappa shape index (κ1) is 24.7. The molecule has 0 spiro atoms. The first-order chi connectivity index (χ1) is 19.4. The second-order valence-corrected chi connectivity index (χ2v) is 13.6. The Morgan fingerprint density at radius 3 is 2.73 bits per heavy atom. The minimum atomic E-state index is -2.63. The quantitative estimate of drug-likeness (QED) is 0.255. The SMILES string of the molecule is CS1(=O)=CC(=O)c2nc(-c3ccc4c(c3)N(C(=O)Nc3nc5ccccc5s3)CCC4)ccc2-c2cccc1c2. The number of rotatable bonds is 2. The maximum absolute atomic E-state index is 13.4. The minimum Gasteiger partial charge on any atom is -0.294 e. The van der Waals surface area contributed by atoms with Gasteiger partial charge in [-0.25, -0.2) is 14.8 Å². The van der Waals surface area contributed by atoms with Crippen LogP contribution in [0, 0.1) is 0 Å². The Kier molecular flexibility index (Phi) is 5.80. The number of hydrogen-bond acceptors (Lipinski definition) is 6. The summed E-state index contributed by atoms with van der Waals surface area (Å²) < 4.78 is 14.3. The molecule has 9 heteroatoms. The molecule has 2 aromatic heterocycles. The molecule has 0 saturated heterocycles. The molecule has 3 aromatic carbocycles. The van der Waals surface area contributed by atoms with Crippen LogP contribution >= 0.6 is 11.3 Å². The van der Waals surface area contributed by atoms with Crippen molar-refractivity contribution >= 4 is 59.1 Å². The van der Waals surface area contributed by atoms with Crippen molar-refractivity contribution in [1.82, 2.24) is 9.97 Å². The fourth-order valence-corrected chi connectivity index (χ4v) is 7.54. The number of ketones is 1. The van der Waals surface area contributed by atoms with Gasteiger partial charge in [-0.05, 0) is 66.4 Å². The van der Waals surface area contributed by atoms with Gasteiger partial charge in [-0.2, -0.15) is 0 Å². The number of para-hydroxylation sites is 1. The highest BCUT2D eigenvalue weighted by Gasteiger charge is 2.25. The number of Topliss-reactive ketones (excluding diaryl/α,β-unsaturated/α-hetero) is 1. The summed E-state index contributed by atoms with van der Waals surface area (Å²) in [5.74, 6) is -0.356. The third-order valence-electron chi connectivity index (χ3n) is 7.33. The number of aromatic nitrogens is 2. The van der Waals surface area contributed by atoms with E-state index in [1.807, 2.05) is 72.8 Å². The third kappa shape index (κ3) is 4.27. The third-order valence-corrected chi connectivity index (χ3v) is 10.1. The van der Waals surface area contributed by atoms with Crippen LogP contribution in [0.2, 0.25) is 0 Å². The number of nitrogens with one attached hydrogen (secondary N) is 1. The van der Waals surface area contributed by atoms with Crippen molar-refractivity contribution in [2.75, 3.05) is 23.0 Å². The van der Waals surface area contributed by atoms with Crippen molar-refractivity contribution in [3.8, 4) is 22.4 Å². The summed E-state index contributed by atoms with van der Waals surface area (Å²) in [7, 11) is -2.63. The maximum atomic E-state index is 13.4. The van der Waals surface area contributed by atoms with Crippen LogP contribution in [0.25, 0.3) is 32.6 Å². The Morgan fingerprint density at radius 2 is 1.85 bits per heavy atom. The Labute approximate surface area is 235 Å². The second kappa shape index (κ2) is 9.39. The molecular formula is C31H24N4O3S2. The molecule has 2 bridgehead atoms. The fraction of sp³-hybridized carbons (Fsp3) is 0.129. The predicted molar refractivity (Wildman–Crippen MR) is 162 cm³/mol. The lowest BCUT2D eigenvalue weighted by Crippen LogP contribution is -2.38.